The van der Waals surface area contributed by atoms with E-state index in [0.29, 0.717) is 12.1 Å². The summed E-state index contributed by atoms with van der Waals surface area (Å²) in [5.41, 5.74) is 6.39. The minimum atomic E-state index is 0.187. The summed E-state index contributed by atoms with van der Waals surface area (Å²) in [6, 6.07) is 3.30. The third-order valence-electron chi connectivity index (χ3n) is 3.60. The third-order valence-corrected chi connectivity index (χ3v) is 6.08. The van der Waals surface area contributed by atoms with Crippen LogP contribution in [0.4, 0.5) is 0 Å². The maximum atomic E-state index is 6.39. The Kier molecular flexibility index (Phi) is 7.99. The molecular weight excluding hydrogens is 340 g/mol. The summed E-state index contributed by atoms with van der Waals surface area (Å²) >= 11 is 7.26. The lowest BCUT2D eigenvalue weighted by Crippen LogP contribution is -2.44. The van der Waals surface area contributed by atoms with E-state index in [-0.39, 0.29) is 6.04 Å². The summed E-state index contributed by atoms with van der Waals surface area (Å²) in [6.45, 7) is 4.43. The lowest BCUT2D eigenvalue weighted by molar-refractivity contribution is 0.160. The van der Waals surface area contributed by atoms with Gasteiger partial charge < -0.3 is 5.73 Å². The SMILES string of the molecule is CCC(N)C(c1cc(Br)cs1)N(C)C(CC)CSC. The summed E-state index contributed by atoms with van der Waals surface area (Å²) in [7, 11) is 2.22. The van der Waals surface area contributed by atoms with E-state index in [1.807, 2.05) is 11.8 Å². The van der Waals surface area contributed by atoms with E-state index in [1.54, 1.807) is 11.3 Å². The van der Waals surface area contributed by atoms with Crippen LogP contribution in [0.5, 0.6) is 0 Å². The molecule has 0 amide bonds. The zero-order valence-corrected chi connectivity index (χ0v) is 15.4. The van der Waals surface area contributed by atoms with E-state index >= 15 is 0 Å². The summed E-state index contributed by atoms with van der Waals surface area (Å²) in [5.74, 6) is 1.16. The third kappa shape index (κ3) is 4.74. The van der Waals surface area contributed by atoms with Gasteiger partial charge in [0.1, 0.15) is 0 Å². The Morgan fingerprint density at radius 3 is 2.53 bits per heavy atom. The number of halogens is 1. The molecule has 0 aromatic carbocycles. The zero-order valence-electron chi connectivity index (χ0n) is 12.2. The first-order valence-corrected chi connectivity index (χ1v) is 9.82. The van der Waals surface area contributed by atoms with Crippen LogP contribution in [-0.4, -0.2) is 36.0 Å². The van der Waals surface area contributed by atoms with Crippen molar-refractivity contribution in [3.05, 3.63) is 20.8 Å². The normalized spacial score (nSPS) is 16.6. The molecule has 2 nitrogen and oxygen atoms in total. The molecule has 0 aliphatic carbocycles. The number of hydrogen-bond donors (Lipinski definition) is 1. The van der Waals surface area contributed by atoms with Crippen LogP contribution in [0.25, 0.3) is 0 Å². The first-order valence-electron chi connectivity index (χ1n) is 6.75. The van der Waals surface area contributed by atoms with Crippen LogP contribution in [0.1, 0.15) is 37.6 Å². The number of rotatable bonds is 8. The number of thiophene rings is 1. The molecule has 2 N–H and O–H groups in total. The lowest BCUT2D eigenvalue weighted by atomic mass is 10.0. The van der Waals surface area contributed by atoms with Gasteiger partial charge >= 0.3 is 0 Å². The highest BCUT2D eigenvalue weighted by atomic mass is 79.9. The van der Waals surface area contributed by atoms with Gasteiger partial charge in [0, 0.05) is 32.6 Å². The van der Waals surface area contributed by atoms with Crippen molar-refractivity contribution >= 4 is 39.0 Å². The van der Waals surface area contributed by atoms with Crippen molar-refractivity contribution in [2.45, 2.75) is 44.8 Å². The van der Waals surface area contributed by atoms with Crippen molar-refractivity contribution in [1.29, 1.82) is 0 Å². The summed E-state index contributed by atoms with van der Waals surface area (Å²) in [6.07, 6.45) is 4.34. The van der Waals surface area contributed by atoms with Crippen molar-refractivity contribution in [2.24, 2.45) is 5.73 Å². The van der Waals surface area contributed by atoms with Crippen LogP contribution in [-0.2, 0) is 0 Å². The predicted molar refractivity (Wildman–Crippen MR) is 93.3 cm³/mol. The molecule has 1 rings (SSSR count). The van der Waals surface area contributed by atoms with Crippen molar-refractivity contribution in [3.63, 3.8) is 0 Å². The number of likely N-dealkylation sites (N-methyl/N-ethyl adjacent to an activating group) is 1. The highest BCUT2D eigenvalue weighted by molar-refractivity contribution is 9.10. The molecule has 3 atom stereocenters. The quantitative estimate of drug-likeness (QED) is 0.742. The van der Waals surface area contributed by atoms with E-state index in [0.717, 1.165) is 23.1 Å². The second-order valence-electron chi connectivity index (χ2n) is 4.87. The Balaban J connectivity index is 2.96. The topological polar surface area (TPSA) is 29.3 Å². The molecule has 1 heterocycles. The van der Waals surface area contributed by atoms with Gasteiger partial charge in [-0.25, -0.2) is 0 Å². The molecule has 0 spiro atoms. The largest absolute Gasteiger partial charge is 0.326 e. The second kappa shape index (κ2) is 8.67. The van der Waals surface area contributed by atoms with Gasteiger partial charge in [0.2, 0.25) is 0 Å². The van der Waals surface area contributed by atoms with Crippen LogP contribution in [0, 0.1) is 0 Å². The van der Waals surface area contributed by atoms with E-state index < -0.39 is 0 Å². The van der Waals surface area contributed by atoms with Gasteiger partial charge in [0.05, 0.1) is 6.04 Å². The Hall–Kier alpha value is 0.450. The van der Waals surface area contributed by atoms with Crippen LogP contribution in [0.2, 0.25) is 0 Å². The Morgan fingerprint density at radius 2 is 2.11 bits per heavy atom. The zero-order chi connectivity index (χ0) is 14.4. The number of thioether (sulfide) groups is 1. The minimum absolute atomic E-state index is 0.187. The molecule has 110 valence electrons. The fourth-order valence-corrected chi connectivity index (χ4v) is 4.89. The van der Waals surface area contributed by atoms with Gasteiger partial charge in [-0.2, -0.15) is 11.8 Å². The standard InChI is InChI=1S/C14H25BrN2S2/c1-5-11(9-18-4)17(3)14(12(16)6-2)13-7-10(15)8-19-13/h7-8,11-12,14H,5-6,9,16H2,1-4H3. The van der Waals surface area contributed by atoms with Crippen LogP contribution >= 0.6 is 39.0 Å². The smallest absolute Gasteiger partial charge is 0.0593 e. The average Bonchev–Trinajstić information content (AvgIpc) is 2.82. The van der Waals surface area contributed by atoms with E-state index in [9.17, 15) is 0 Å². The van der Waals surface area contributed by atoms with Gasteiger partial charge in [-0.1, -0.05) is 13.8 Å². The van der Waals surface area contributed by atoms with Crippen LogP contribution in [0.15, 0.2) is 15.9 Å². The average molecular weight is 365 g/mol. The first-order chi connectivity index (χ1) is 9.04. The minimum Gasteiger partial charge on any atom is -0.326 e. The molecule has 5 heteroatoms. The summed E-state index contributed by atoms with van der Waals surface area (Å²) < 4.78 is 1.16. The second-order valence-corrected chi connectivity index (χ2v) is 7.64. The molecule has 0 bridgehead atoms. The van der Waals surface area contributed by atoms with Gasteiger partial charge in [-0.15, -0.1) is 11.3 Å². The molecule has 0 fully saturated rings. The summed E-state index contributed by atoms with van der Waals surface area (Å²) in [5, 5.41) is 2.15. The molecule has 0 aliphatic heterocycles. The van der Waals surface area contributed by atoms with Gasteiger partial charge in [0.15, 0.2) is 0 Å². The van der Waals surface area contributed by atoms with E-state index in [4.69, 9.17) is 5.73 Å². The first kappa shape index (κ1) is 17.5. The molecule has 0 aliphatic rings. The molecule has 3 unspecified atom stereocenters. The van der Waals surface area contributed by atoms with Crippen molar-refractivity contribution in [2.75, 3.05) is 19.1 Å². The Bertz CT molecular complexity index is 370. The molecule has 0 saturated heterocycles. The molecular formula is C14H25BrN2S2. The molecule has 1 aromatic rings. The van der Waals surface area contributed by atoms with Gasteiger partial charge in [-0.3, -0.25) is 4.90 Å². The number of nitrogens with zero attached hydrogens (tertiary/aromatic N) is 1. The fourth-order valence-electron chi connectivity index (χ4n) is 2.36. The van der Waals surface area contributed by atoms with E-state index in [1.165, 1.54) is 4.88 Å². The summed E-state index contributed by atoms with van der Waals surface area (Å²) in [4.78, 5) is 3.84. The Morgan fingerprint density at radius 1 is 1.42 bits per heavy atom. The maximum absolute atomic E-state index is 6.39. The van der Waals surface area contributed by atoms with Crippen LogP contribution in [0.3, 0.4) is 0 Å². The fraction of sp³-hybridized carbons (Fsp3) is 0.714. The maximum Gasteiger partial charge on any atom is 0.0593 e. The molecule has 1 aromatic heterocycles. The molecule has 19 heavy (non-hydrogen) atoms. The monoisotopic (exact) mass is 364 g/mol. The predicted octanol–water partition coefficient (Wildman–Crippen LogP) is 4.36. The molecule has 0 radical (unpaired) electrons. The van der Waals surface area contributed by atoms with Crippen LogP contribution < -0.4 is 5.73 Å². The van der Waals surface area contributed by atoms with E-state index in [2.05, 4.69) is 59.4 Å². The van der Waals surface area contributed by atoms with Gasteiger partial charge in [-0.05, 0) is 48.1 Å². The lowest BCUT2D eigenvalue weighted by Gasteiger charge is -2.37. The highest BCUT2D eigenvalue weighted by Gasteiger charge is 2.28. The Labute approximate surface area is 134 Å². The van der Waals surface area contributed by atoms with Gasteiger partial charge in [0.25, 0.3) is 0 Å². The molecule has 0 saturated carbocycles. The highest BCUT2D eigenvalue weighted by Crippen LogP contribution is 2.33. The van der Waals surface area contributed by atoms with Crippen molar-refractivity contribution in [1.82, 2.24) is 4.90 Å². The van der Waals surface area contributed by atoms with Crippen molar-refractivity contribution < 1.29 is 0 Å². The number of hydrogen-bond acceptors (Lipinski definition) is 4. The van der Waals surface area contributed by atoms with Crippen molar-refractivity contribution in [3.8, 4) is 0 Å². The number of nitrogens with two attached hydrogens (primary N) is 1.